The van der Waals surface area contributed by atoms with Crippen LogP contribution in [-0.4, -0.2) is 45.8 Å². The maximum atomic E-state index is 13.7. The molecule has 0 spiro atoms. The smallest absolute Gasteiger partial charge is 0.410 e. The Bertz CT molecular complexity index is 1300. The predicted molar refractivity (Wildman–Crippen MR) is 138 cm³/mol. The Kier molecular flexibility index (Phi) is 7.21. The van der Waals surface area contributed by atoms with Crippen molar-refractivity contribution in [2.24, 2.45) is 7.05 Å². The van der Waals surface area contributed by atoms with Gasteiger partial charge in [0.1, 0.15) is 11.4 Å². The van der Waals surface area contributed by atoms with Gasteiger partial charge in [-0.3, -0.25) is 4.57 Å². The number of amides is 1. The second kappa shape index (κ2) is 9.90. The summed E-state index contributed by atoms with van der Waals surface area (Å²) >= 11 is 6.36. The predicted octanol–water partition coefficient (Wildman–Crippen LogP) is 5.71. The molecule has 2 heterocycles. The Balaban J connectivity index is 1.57. The van der Waals surface area contributed by atoms with E-state index in [1.807, 2.05) is 27.7 Å². The number of benzene rings is 2. The fraction of sp³-hybridized carbons (Fsp3) is 0.481. The van der Waals surface area contributed by atoms with Crippen LogP contribution in [0, 0.1) is 5.82 Å². The van der Waals surface area contributed by atoms with Gasteiger partial charge in [0.25, 0.3) is 0 Å². The molecule has 0 radical (unpaired) electrons. The quantitative estimate of drug-likeness (QED) is 0.470. The van der Waals surface area contributed by atoms with Gasteiger partial charge in [0.05, 0.1) is 23.7 Å². The number of likely N-dealkylation sites (tertiary alicyclic amines) is 1. The molecule has 1 N–H and O–H groups in total. The maximum absolute atomic E-state index is 13.7. The van der Waals surface area contributed by atoms with Gasteiger partial charge >= 0.3 is 11.8 Å². The van der Waals surface area contributed by atoms with Crippen LogP contribution in [-0.2, 0) is 21.9 Å². The van der Waals surface area contributed by atoms with Crippen molar-refractivity contribution in [1.29, 1.82) is 0 Å². The number of hydrogen-bond donors (Lipinski definition) is 1. The lowest BCUT2D eigenvalue weighted by Crippen LogP contribution is -2.48. The van der Waals surface area contributed by atoms with E-state index in [0.29, 0.717) is 48.6 Å². The molecular weight excluding hydrogens is 485 g/mol. The third kappa shape index (κ3) is 5.44. The number of piperidine rings is 1. The van der Waals surface area contributed by atoms with E-state index in [1.54, 1.807) is 36.2 Å². The number of rotatable bonds is 5. The van der Waals surface area contributed by atoms with E-state index in [0.717, 1.165) is 11.1 Å². The minimum Gasteiger partial charge on any atom is -0.444 e. The molecule has 1 saturated heterocycles. The van der Waals surface area contributed by atoms with Crippen LogP contribution in [0.2, 0.25) is 5.02 Å². The van der Waals surface area contributed by atoms with Gasteiger partial charge in [-0.2, -0.15) is 0 Å². The Morgan fingerprint density at radius 1 is 1.19 bits per heavy atom. The van der Waals surface area contributed by atoms with Crippen LogP contribution in [0.5, 0.6) is 0 Å². The normalized spacial score (nSPS) is 16.8. The van der Waals surface area contributed by atoms with E-state index >= 15 is 0 Å². The van der Waals surface area contributed by atoms with E-state index in [4.69, 9.17) is 21.1 Å². The Morgan fingerprint density at radius 2 is 1.83 bits per heavy atom. The summed E-state index contributed by atoms with van der Waals surface area (Å²) in [6.45, 7) is 8.81. The Morgan fingerprint density at radius 3 is 2.44 bits per heavy atom. The number of aromatic amines is 1. The fourth-order valence-electron chi connectivity index (χ4n) is 4.77. The molecule has 1 aromatic heterocycles. The minimum atomic E-state index is -0.568. The number of ether oxygens (including phenoxy) is 2. The highest BCUT2D eigenvalue weighted by Crippen LogP contribution is 2.38. The van der Waals surface area contributed by atoms with Gasteiger partial charge in [-0.15, -0.1) is 0 Å². The van der Waals surface area contributed by atoms with E-state index in [-0.39, 0.29) is 23.7 Å². The minimum absolute atomic E-state index is 0.224. The first-order chi connectivity index (χ1) is 16.9. The van der Waals surface area contributed by atoms with Crippen molar-refractivity contribution in [2.75, 3.05) is 19.7 Å². The van der Waals surface area contributed by atoms with Gasteiger partial charge in [0.15, 0.2) is 0 Å². The van der Waals surface area contributed by atoms with Crippen molar-refractivity contribution in [3.05, 3.63) is 68.8 Å². The van der Waals surface area contributed by atoms with E-state index in [2.05, 4.69) is 4.98 Å². The number of imidazole rings is 1. The van der Waals surface area contributed by atoms with Crippen molar-refractivity contribution in [3.8, 4) is 0 Å². The summed E-state index contributed by atoms with van der Waals surface area (Å²) in [5.41, 5.74) is 1.94. The second-order valence-electron chi connectivity index (χ2n) is 10.6. The zero-order chi connectivity index (χ0) is 26.3. The number of hydrogen-bond acceptors (Lipinski definition) is 4. The molecule has 1 atom stereocenters. The van der Waals surface area contributed by atoms with Crippen LogP contribution in [0.25, 0.3) is 11.0 Å². The number of nitrogens with one attached hydrogen (secondary N) is 1. The summed E-state index contributed by atoms with van der Waals surface area (Å²) in [5.74, 6) is -0.302. The van der Waals surface area contributed by atoms with Gasteiger partial charge in [0.2, 0.25) is 0 Å². The molecule has 7 nitrogen and oxygen atoms in total. The van der Waals surface area contributed by atoms with Gasteiger partial charge in [0, 0.05) is 36.1 Å². The molecule has 194 valence electrons. The fourth-order valence-corrected chi connectivity index (χ4v) is 4.99. The summed E-state index contributed by atoms with van der Waals surface area (Å²) in [6.07, 6.45) is 0.569. The molecule has 0 bridgehead atoms. The molecule has 9 heteroatoms. The maximum Gasteiger partial charge on any atom is 0.410 e. The summed E-state index contributed by atoms with van der Waals surface area (Å²) in [6, 6.07) is 10.0. The zero-order valence-corrected chi connectivity index (χ0v) is 22.1. The number of fused-ring (bicyclic) bond motifs is 1. The van der Waals surface area contributed by atoms with Crippen LogP contribution in [0.3, 0.4) is 0 Å². The average molecular weight is 518 g/mol. The summed E-state index contributed by atoms with van der Waals surface area (Å²) in [7, 11) is 1.69. The summed E-state index contributed by atoms with van der Waals surface area (Å²) in [4.78, 5) is 29.4. The molecule has 1 amide bonds. The highest BCUT2D eigenvalue weighted by Gasteiger charge is 2.39. The highest BCUT2D eigenvalue weighted by molar-refractivity contribution is 6.31. The van der Waals surface area contributed by atoms with Gasteiger partial charge in [-0.05, 0) is 70.4 Å². The average Bonchev–Trinajstić information content (AvgIpc) is 3.10. The van der Waals surface area contributed by atoms with Crippen LogP contribution in [0.4, 0.5) is 9.18 Å². The molecule has 3 aromatic rings. The zero-order valence-electron chi connectivity index (χ0n) is 21.4. The van der Waals surface area contributed by atoms with Crippen molar-refractivity contribution in [2.45, 2.75) is 57.7 Å². The van der Waals surface area contributed by atoms with Gasteiger partial charge in [-0.25, -0.2) is 14.0 Å². The number of H-pyrrole nitrogens is 1. The summed E-state index contributed by atoms with van der Waals surface area (Å²) < 4.78 is 27.2. The number of carbonyl (C=O) groups excluding carboxylic acids is 1. The topological polar surface area (TPSA) is 76.6 Å². The molecule has 2 aromatic carbocycles. The van der Waals surface area contributed by atoms with Crippen molar-refractivity contribution >= 4 is 28.7 Å². The number of aryl methyl sites for hydroxylation is 1. The molecule has 1 aliphatic rings. The first-order valence-corrected chi connectivity index (χ1v) is 12.5. The van der Waals surface area contributed by atoms with Crippen LogP contribution >= 0.6 is 11.6 Å². The lowest BCUT2D eigenvalue weighted by Gasteiger charge is -2.42. The number of nitrogens with zero attached hydrogens (tertiary/aromatic N) is 2. The number of carbonyl (C=O) groups is 1. The van der Waals surface area contributed by atoms with Crippen LogP contribution < -0.4 is 5.69 Å². The lowest BCUT2D eigenvalue weighted by molar-refractivity contribution is -0.00933. The van der Waals surface area contributed by atoms with E-state index < -0.39 is 11.0 Å². The highest BCUT2D eigenvalue weighted by atomic mass is 35.5. The SMILES string of the molecule is CC(OCC1(c2ccc(F)cc2)CCN(C(=O)OC(C)(C)C)CC1)c1cc(Cl)cc2c1[nH]c(=O)n2C. The van der Waals surface area contributed by atoms with Gasteiger partial charge < -0.3 is 19.4 Å². The van der Waals surface area contributed by atoms with Crippen LogP contribution in [0.15, 0.2) is 41.2 Å². The van der Waals surface area contributed by atoms with E-state index in [9.17, 15) is 14.0 Å². The lowest BCUT2D eigenvalue weighted by atomic mass is 9.73. The first kappa shape index (κ1) is 26.2. The van der Waals surface area contributed by atoms with Gasteiger partial charge in [-0.1, -0.05) is 23.7 Å². The molecular formula is C27H33ClFN3O4. The van der Waals surface area contributed by atoms with Crippen LogP contribution in [0.1, 0.15) is 57.8 Å². The third-order valence-corrected chi connectivity index (χ3v) is 7.11. The molecule has 1 fully saturated rings. The second-order valence-corrected chi connectivity index (χ2v) is 11.0. The Hall–Kier alpha value is -2.84. The first-order valence-electron chi connectivity index (χ1n) is 12.1. The largest absolute Gasteiger partial charge is 0.444 e. The monoisotopic (exact) mass is 517 g/mol. The molecule has 1 unspecified atom stereocenters. The number of aromatic nitrogens is 2. The molecule has 36 heavy (non-hydrogen) atoms. The van der Waals surface area contributed by atoms with E-state index in [1.165, 1.54) is 16.7 Å². The molecule has 0 aliphatic carbocycles. The Labute approximate surface area is 215 Å². The van der Waals surface area contributed by atoms with Crippen molar-refractivity contribution in [3.63, 3.8) is 0 Å². The molecule has 1 aliphatic heterocycles. The third-order valence-electron chi connectivity index (χ3n) is 6.89. The summed E-state index contributed by atoms with van der Waals surface area (Å²) in [5, 5.41) is 0.515. The molecule has 0 saturated carbocycles. The standard InChI is InChI=1S/C27H33ClFN3O4/c1-17(21-14-19(28)15-22-23(21)30-24(33)31(22)5)35-16-27(18-6-8-20(29)9-7-18)10-12-32(13-11-27)25(34)36-26(2,3)4/h6-9,14-15,17H,10-13,16H2,1-5H3,(H,30,33). The van der Waals surface area contributed by atoms with Crippen molar-refractivity contribution < 1.29 is 18.7 Å². The number of halogens is 2. The van der Waals surface area contributed by atoms with Crippen molar-refractivity contribution in [1.82, 2.24) is 14.5 Å². The molecule has 4 rings (SSSR count).